The van der Waals surface area contributed by atoms with E-state index in [1.807, 2.05) is 37.5 Å². The molecule has 1 aliphatic heterocycles. The summed E-state index contributed by atoms with van der Waals surface area (Å²) in [4.78, 5) is 15.7. The predicted molar refractivity (Wildman–Crippen MR) is 96.4 cm³/mol. The van der Waals surface area contributed by atoms with Gasteiger partial charge in [0, 0.05) is 64.3 Å². The van der Waals surface area contributed by atoms with Crippen molar-refractivity contribution in [3.05, 3.63) is 29.7 Å². The molecule has 3 rings (SSSR count). The van der Waals surface area contributed by atoms with Gasteiger partial charge in [0.1, 0.15) is 5.82 Å². The second kappa shape index (κ2) is 7.17. The highest BCUT2D eigenvalue weighted by Gasteiger charge is 2.24. The van der Waals surface area contributed by atoms with Gasteiger partial charge in [0.2, 0.25) is 5.95 Å². The summed E-state index contributed by atoms with van der Waals surface area (Å²) in [6, 6.07) is 2.52. The maximum Gasteiger partial charge on any atom is 0.226 e. The Morgan fingerprint density at radius 2 is 2.00 bits per heavy atom. The lowest BCUT2D eigenvalue weighted by Gasteiger charge is -2.37. The van der Waals surface area contributed by atoms with Crippen LogP contribution in [-0.4, -0.2) is 65.3 Å². The summed E-state index contributed by atoms with van der Waals surface area (Å²) in [7, 11) is 6.08. The molecule has 1 N–H and O–H groups in total. The number of nitrogens with zero attached hydrogens (tertiary/aromatic N) is 6. The number of hydrogen-bond donors (Lipinski definition) is 1. The zero-order valence-corrected chi connectivity index (χ0v) is 15.0. The van der Waals surface area contributed by atoms with Crippen LogP contribution in [0.5, 0.6) is 0 Å². The molecule has 1 fully saturated rings. The van der Waals surface area contributed by atoms with E-state index in [1.54, 1.807) is 0 Å². The van der Waals surface area contributed by atoms with Gasteiger partial charge in [0.25, 0.3) is 0 Å². The number of piperidine rings is 1. The first-order valence-electron chi connectivity index (χ1n) is 8.49. The van der Waals surface area contributed by atoms with Crippen LogP contribution in [0.2, 0.25) is 0 Å². The smallest absolute Gasteiger partial charge is 0.226 e. The molecule has 1 saturated heterocycles. The molecule has 0 bridgehead atoms. The SMILES string of the molecule is Cc1[nH]ncc1CN1CCC(N(C)c2ccnc(N(C)C)n2)CC1. The maximum absolute atomic E-state index is 4.65. The van der Waals surface area contributed by atoms with E-state index in [1.165, 1.54) is 11.3 Å². The van der Waals surface area contributed by atoms with Crippen molar-refractivity contribution >= 4 is 11.8 Å². The summed E-state index contributed by atoms with van der Waals surface area (Å²) in [5, 5.41) is 7.13. The number of aryl methyl sites for hydroxylation is 1. The third kappa shape index (κ3) is 3.67. The standard InChI is InChI=1S/C17H27N7/c1-13-14(11-19-21-13)12-24-9-6-15(7-10-24)23(4)16-5-8-18-17(20-16)22(2)3/h5,8,11,15H,6-7,9-10,12H2,1-4H3,(H,19,21). The minimum Gasteiger partial charge on any atom is -0.356 e. The van der Waals surface area contributed by atoms with Crippen LogP contribution in [0, 0.1) is 6.92 Å². The maximum atomic E-state index is 4.65. The zero-order chi connectivity index (χ0) is 17.1. The van der Waals surface area contributed by atoms with Crippen molar-refractivity contribution in [2.24, 2.45) is 0 Å². The van der Waals surface area contributed by atoms with E-state index in [2.05, 4.69) is 43.9 Å². The molecule has 24 heavy (non-hydrogen) atoms. The lowest BCUT2D eigenvalue weighted by atomic mass is 10.0. The molecule has 0 radical (unpaired) electrons. The molecule has 1 aliphatic rings. The molecule has 2 aromatic rings. The Morgan fingerprint density at radius 3 is 2.62 bits per heavy atom. The summed E-state index contributed by atoms with van der Waals surface area (Å²) in [6.07, 6.45) is 6.07. The van der Waals surface area contributed by atoms with Crippen LogP contribution in [0.1, 0.15) is 24.1 Å². The first-order chi connectivity index (χ1) is 11.5. The quantitative estimate of drug-likeness (QED) is 0.900. The number of H-pyrrole nitrogens is 1. The van der Waals surface area contributed by atoms with Crippen molar-refractivity contribution in [3.63, 3.8) is 0 Å². The van der Waals surface area contributed by atoms with Gasteiger partial charge in [-0.2, -0.15) is 10.1 Å². The van der Waals surface area contributed by atoms with Crippen LogP contribution in [0.25, 0.3) is 0 Å². The van der Waals surface area contributed by atoms with E-state index in [0.29, 0.717) is 6.04 Å². The Hall–Kier alpha value is -2.15. The van der Waals surface area contributed by atoms with Gasteiger partial charge in [0.15, 0.2) is 0 Å². The first-order valence-corrected chi connectivity index (χ1v) is 8.49. The number of aromatic amines is 1. The number of anilines is 2. The van der Waals surface area contributed by atoms with E-state index in [-0.39, 0.29) is 0 Å². The van der Waals surface area contributed by atoms with Gasteiger partial charge in [-0.3, -0.25) is 10.00 Å². The number of hydrogen-bond acceptors (Lipinski definition) is 6. The van der Waals surface area contributed by atoms with Crippen molar-refractivity contribution in [2.45, 2.75) is 32.4 Å². The molecule has 3 heterocycles. The normalized spacial score (nSPS) is 16.3. The highest BCUT2D eigenvalue weighted by Crippen LogP contribution is 2.22. The minimum absolute atomic E-state index is 0.525. The molecule has 0 unspecified atom stereocenters. The zero-order valence-electron chi connectivity index (χ0n) is 15.0. The lowest BCUT2D eigenvalue weighted by Crippen LogP contribution is -2.43. The van der Waals surface area contributed by atoms with Gasteiger partial charge in [-0.05, 0) is 25.8 Å². The van der Waals surface area contributed by atoms with Crippen LogP contribution in [0.4, 0.5) is 11.8 Å². The fraction of sp³-hybridized carbons (Fsp3) is 0.588. The fourth-order valence-electron chi connectivity index (χ4n) is 3.18. The molecule has 0 atom stereocenters. The topological polar surface area (TPSA) is 64.2 Å². The third-order valence-electron chi connectivity index (χ3n) is 4.82. The highest BCUT2D eigenvalue weighted by molar-refractivity contribution is 5.43. The molecule has 0 aromatic carbocycles. The van der Waals surface area contributed by atoms with Crippen molar-refractivity contribution in [1.29, 1.82) is 0 Å². The number of aromatic nitrogens is 4. The van der Waals surface area contributed by atoms with Crippen molar-refractivity contribution in [1.82, 2.24) is 25.1 Å². The minimum atomic E-state index is 0.525. The van der Waals surface area contributed by atoms with Crippen molar-refractivity contribution in [2.75, 3.05) is 44.0 Å². The molecule has 130 valence electrons. The molecule has 2 aromatic heterocycles. The summed E-state index contributed by atoms with van der Waals surface area (Å²) in [6.45, 7) is 5.27. The Balaban J connectivity index is 1.58. The molecule has 0 amide bonds. The second-order valence-electron chi connectivity index (χ2n) is 6.75. The molecule has 0 spiro atoms. The van der Waals surface area contributed by atoms with Gasteiger partial charge in [-0.15, -0.1) is 0 Å². The molecule has 7 nitrogen and oxygen atoms in total. The van der Waals surface area contributed by atoms with E-state index >= 15 is 0 Å². The summed E-state index contributed by atoms with van der Waals surface area (Å²) < 4.78 is 0. The Labute approximate surface area is 143 Å². The largest absolute Gasteiger partial charge is 0.356 e. The predicted octanol–water partition coefficient (Wildman–Crippen LogP) is 1.67. The Kier molecular flexibility index (Phi) is 4.99. The lowest BCUT2D eigenvalue weighted by molar-refractivity contribution is 0.203. The first kappa shape index (κ1) is 16.7. The molecule has 0 aliphatic carbocycles. The van der Waals surface area contributed by atoms with Gasteiger partial charge in [-0.1, -0.05) is 0 Å². The molecular formula is C17H27N7. The summed E-state index contributed by atoms with van der Waals surface area (Å²) >= 11 is 0. The van der Waals surface area contributed by atoms with Gasteiger partial charge < -0.3 is 9.80 Å². The molecule has 0 saturated carbocycles. The average Bonchev–Trinajstić information content (AvgIpc) is 3.00. The van der Waals surface area contributed by atoms with E-state index in [4.69, 9.17) is 0 Å². The molecular weight excluding hydrogens is 302 g/mol. The van der Waals surface area contributed by atoms with Gasteiger partial charge in [-0.25, -0.2) is 4.98 Å². The molecule has 7 heteroatoms. The second-order valence-corrected chi connectivity index (χ2v) is 6.75. The van der Waals surface area contributed by atoms with Crippen molar-refractivity contribution < 1.29 is 0 Å². The average molecular weight is 329 g/mol. The van der Waals surface area contributed by atoms with Crippen LogP contribution in [0.3, 0.4) is 0 Å². The van der Waals surface area contributed by atoms with Crippen molar-refractivity contribution in [3.8, 4) is 0 Å². The van der Waals surface area contributed by atoms with Gasteiger partial charge >= 0.3 is 0 Å². The Morgan fingerprint density at radius 1 is 1.25 bits per heavy atom. The summed E-state index contributed by atoms with van der Waals surface area (Å²) in [5.41, 5.74) is 2.47. The van der Waals surface area contributed by atoms with Crippen LogP contribution in [0.15, 0.2) is 18.5 Å². The Bertz CT molecular complexity index is 658. The fourth-order valence-corrected chi connectivity index (χ4v) is 3.18. The third-order valence-corrected chi connectivity index (χ3v) is 4.82. The summed E-state index contributed by atoms with van der Waals surface area (Å²) in [5.74, 6) is 1.75. The highest BCUT2D eigenvalue weighted by atomic mass is 15.3. The van der Waals surface area contributed by atoms with E-state index in [0.717, 1.165) is 44.2 Å². The van der Waals surface area contributed by atoms with E-state index in [9.17, 15) is 0 Å². The monoisotopic (exact) mass is 329 g/mol. The number of nitrogens with one attached hydrogen (secondary N) is 1. The number of likely N-dealkylation sites (tertiary alicyclic amines) is 1. The van der Waals surface area contributed by atoms with Gasteiger partial charge in [0.05, 0.1) is 6.20 Å². The van der Waals surface area contributed by atoms with E-state index < -0.39 is 0 Å². The number of rotatable bonds is 5. The van der Waals surface area contributed by atoms with Crippen LogP contribution in [-0.2, 0) is 6.54 Å². The van der Waals surface area contributed by atoms with Crippen LogP contribution < -0.4 is 9.80 Å². The van der Waals surface area contributed by atoms with Crippen LogP contribution >= 0.6 is 0 Å².